The van der Waals surface area contributed by atoms with E-state index in [9.17, 15) is 13.2 Å². The molecule has 1 aromatic carbocycles. The third-order valence-corrected chi connectivity index (χ3v) is 7.31. The molecular formula is C19H25N3O4S2. The highest BCUT2D eigenvalue weighted by molar-refractivity contribution is 7.89. The smallest absolute Gasteiger partial charge is 0.257 e. The Kier molecular flexibility index (Phi) is 6.36. The average Bonchev–Trinajstić information content (AvgIpc) is 3.07. The summed E-state index contributed by atoms with van der Waals surface area (Å²) in [6, 6.07) is 4.28. The van der Waals surface area contributed by atoms with Crippen molar-refractivity contribution in [2.75, 3.05) is 12.4 Å². The predicted molar refractivity (Wildman–Crippen MR) is 110 cm³/mol. The summed E-state index contributed by atoms with van der Waals surface area (Å²) in [5.41, 5.74) is 0.228. The number of nitrogens with zero attached hydrogens (tertiary/aromatic N) is 1. The van der Waals surface area contributed by atoms with E-state index in [2.05, 4.69) is 21.9 Å². The summed E-state index contributed by atoms with van der Waals surface area (Å²) in [6.45, 7) is 3.95. The maximum absolute atomic E-state index is 13.0. The maximum atomic E-state index is 13.0. The number of nitrogens with one attached hydrogen (secondary N) is 2. The lowest BCUT2D eigenvalue weighted by atomic mass is 9.87. The van der Waals surface area contributed by atoms with Crippen LogP contribution in [0.4, 0.5) is 5.13 Å². The zero-order valence-electron chi connectivity index (χ0n) is 16.2. The second-order valence-electron chi connectivity index (χ2n) is 7.09. The number of carbonyl (C=O) groups excluding carboxylic acids is 1. The molecule has 0 spiro atoms. The Labute approximate surface area is 169 Å². The number of amides is 1. The van der Waals surface area contributed by atoms with Crippen LogP contribution in [0.3, 0.4) is 0 Å². The second kappa shape index (κ2) is 8.59. The second-order valence-corrected chi connectivity index (χ2v) is 10.0. The summed E-state index contributed by atoms with van der Waals surface area (Å²) in [7, 11) is -2.42. The van der Waals surface area contributed by atoms with Gasteiger partial charge in [-0.25, -0.2) is 18.1 Å². The van der Waals surface area contributed by atoms with Crippen LogP contribution in [0.2, 0.25) is 0 Å². The van der Waals surface area contributed by atoms with Crippen LogP contribution in [0.1, 0.15) is 47.8 Å². The highest BCUT2D eigenvalue weighted by Crippen LogP contribution is 2.29. The van der Waals surface area contributed by atoms with Gasteiger partial charge >= 0.3 is 0 Å². The summed E-state index contributed by atoms with van der Waals surface area (Å²) < 4.78 is 34.1. The van der Waals surface area contributed by atoms with E-state index in [0.717, 1.165) is 30.6 Å². The molecule has 1 aromatic heterocycles. The molecule has 0 bridgehead atoms. The Morgan fingerprint density at radius 3 is 2.68 bits per heavy atom. The molecule has 0 saturated heterocycles. The Balaban J connectivity index is 1.86. The summed E-state index contributed by atoms with van der Waals surface area (Å²) in [5, 5.41) is 3.17. The average molecular weight is 424 g/mol. The van der Waals surface area contributed by atoms with Gasteiger partial charge < -0.3 is 4.74 Å². The molecule has 9 heteroatoms. The number of aryl methyl sites for hydroxylation is 1. The number of ether oxygens (including phenoxy) is 1. The van der Waals surface area contributed by atoms with Gasteiger partial charge in [0.1, 0.15) is 10.6 Å². The molecule has 152 valence electrons. The molecule has 2 N–H and O–H groups in total. The molecule has 1 aliphatic rings. The monoisotopic (exact) mass is 423 g/mol. The molecule has 1 aliphatic carbocycles. The van der Waals surface area contributed by atoms with Gasteiger partial charge in [-0.3, -0.25) is 10.1 Å². The van der Waals surface area contributed by atoms with E-state index in [1.54, 1.807) is 6.20 Å². The molecule has 2 atom stereocenters. The zero-order chi connectivity index (χ0) is 20.3. The number of aromatic nitrogens is 1. The van der Waals surface area contributed by atoms with Gasteiger partial charge in [0.05, 0.1) is 7.11 Å². The van der Waals surface area contributed by atoms with Crippen molar-refractivity contribution in [2.45, 2.75) is 50.5 Å². The molecule has 3 rings (SSSR count). The van der Waals surface area contributed by atoms with Crippen molar-refractivity contribution in [3.05, 3.63) is 34.8 Å². The first kappa shape index (κ1) is 20.8. The van der Waals surface area contributed by atoms with E-state index in [0.29, 0.717) is 5.13 Å². The minimum Gasteiger partial charge on any atom is -0.495 e. The quantitative estimate of drug-likeness (QED) is 0.740. The minimum atomic E-state index is -3.83. The molecule has 2 aromatic rings. The van der Waals surface area contributed by atoms with Gasteiger partial charge in [0, 0.05) is 22.7 Å². The maximum Gasteiger partial charge on any atom is 0.257 e. The van der Waals surface area contributed by atoms with Crippen LogP contribution in [0.25, 0.3) is 0 Å². The van der Waals surface area contributed by atoms with E-state index >= 15 is 0 Å². The third kappa shape index (κ3) is 4.71. The Hall–Kier alpha value is -1.97. The summed E-state index contributed by atoms with van der Waals surface area (Å²) in [4.78, 5) is 17.6. The fourth-order valence-electron chi connectivity index (χ4n) is 3.36. The molecule has 1 heterocycles. The number of hydrogen-bond donors (Lipinski definition) is 2. The van der Waals surface area contributed by atoms with Gasteiger partial charge in [-0.1, -0.05) is 19.8 Å². The van der Waals surface area contributed by atoms with Crippen molar-refractivity contribution in [2.24, 2.45) is 5.92 Å². The fraction of sp³-hybridized carbons (Fsp3) is 0.474. The SMILES string of the molecule is COc1ccc(C(=O)Nc2ncc(C)s2)cc1S(=O)(=O)NC1CCCCC1C. The van der Waals surface area contributed by atoms with Crippen molar-refractivity contribution >= 4 is 32.4 Å². The van der Waals surface area contributed by atoms with Crippen LogP contribution in [0.15, 0.2) is 29.3 Å². The molecular weight excluding hydrogens is 398 g/mol. The molecule has 1 saturated carbocycles. The van der Waals surface area contributed by atoms with Crippen LogP contribution in [0.5, 0.6) is 5.75 Å². The highest BCUT2D eigenvalue weighted by Gasteiger charge is 2.29. The fourth-order valence-corrected chi connectivity index (χ4v) is 5.60. The Morgan fingerprint density at radius 2 is 2.04 bits per heavy atom. The number of hydrogen-bond acceptors (Lipinski definition) is 6. The predicted octanol–water partition coefficient (Wildman–Crippen LogP) is 3.57. The zero-order valence-corrected chi connectivity index (χ0v) is 17.8. The summed E-state index contributed by atoms with van der Waals surface area (Å²) >= 11 is 1.35. The lowest BCUT2D eigenvalue weighted by Crippen LogP contribution is -2.41. The minimum absolute atomic E-state index is 0.0317. The van der Waals surface area contributed by atoms with E-state index in [1.165, 1.54) is 36.6 Å². The van der Waals surface area contributed by atoms with E-state index in [-0.39, 0.29) is 28.2 Å². The molecule has 7 nitrogen and oxygen atoms in total. The molecule has 0 radical (unpaired) electrons. The van der Waals surface area contributed by atoms with Crippen molar-refractivity contribution in [3.63, 3.8) is 0 Å². The first-order chi connectivity index (χ1) is 13.3. The molecule has 1 amide bonds. The van der Waals surface area contributed by atoms with Crippen LogP contribution in [-0.4, -0.2) is 32.5 Å². The number of benzene rings is 1. The lowest BCUT2D eigenvalue weighted by Gasteiger charge is -2.29. The number of methoxy groups -OCH3 is 1. The van der Waals surface area contributed by atoms with Crippen molar-refractivity contribution in [1.82, 2.24) is 9.71 Å². The van der Waals surface area contributed by atoms with Crippen LogP contribution in [0, 0.1) is 12.8 Å². The first-order valence-corrected chi connectivity index (χ1v) is 11.5. The van der Waals surface area contributed by atoms with Gasteiger partial charge in [-0.15, -0.1) is 11.3 Å². The van der Waals surface area contributed by atoms with E-state index in [1.807, 2.05) is 6.92 Å². The van der Waals surface area contributed by atoms with Crippen LogP contribution < -0.4 is 14.8 Å². The number of sulfonamides is 1. The van der Waals surface area contributed by atoms with Gasteiger partial charge in [-0.05, 0) is 43.9 Å². The standard InChI is InChI=1S/C19H25N3O4S2/c1-12-6-4-5-7-15(12)22-28(24,25)17-10-14(8-9-16(17)26-3)18(23)21-19-20-11-13(2)27-19/h8-12,15,22H,4-7H2,1-3H3,(H,20,21,23). The third-order valence-electron chi connectivity index (χ3n) is 4.98. The molecule has 2 unspecified atom stereocenters. The topological polar surface area (TPSA) is 97.4 Å². The van der Waals surface area contributed by atoms with Gasteiger partial charge in [0.2, 0.25) is 10.0 Å². The van der Waals surface area contributed by atoms with Gasteiger partial charge in [0.25, 0.3) is 5.91 Å². The Morgan fingerprint density at radius 1 is 1.29 bits per heavy atom. The van der Waals surface area contributed by atoms with Crippen LogP contribution in [-0.2, 0) is 10.0 Å². The first-order valence-electron chi connectivity index (χ1n) is 9.24. The Bertz CT molecular complexity index is 956. The molecule has 0 aliphatic heterocycles. The number of rotatable bonds is 6. The van der Waals surface area contributed by atoms with Gasteiger partial charge in [-0.2, -0.15) is 0 Å². The largest absolute Gasteiger partial charge is 0.495 e. The van der Waals surface area contributed by atoms with E-state index < -0.39 is 15.9 Å². The lowest BCUT2D eigenvalue weighted by molar-refractivity contribution is 0.102. The summed E-state index contributed by atoms with van der Waals surface area (Å²) in [6.07, 6.45) is 5.60. The molecule has 28 heavy (non-hydrogen) atoms. The van der Waals surface area contributed by atoms with Gasteiger partial charge in [0.15, 0.2) is 5.13 Å². The number of anilines is 1. The van der Waals surface area contributed by atoms with Crippen LogP contribution >= 0.6 is 11.3 Å². The molecule has 1 fully saturated rings. The number of thiazole rings is 1. The van der Waals surface area contributed by atoms with Crippen molar-refractivity contribution in [3.8, 4) is 5.75 Å². The van der Waals surface area contributed by atoms with Crippen molar-refractivity contribution < 1.29 is 17.9 Å². The highest BCUT2D eigenvalue weighted by atomic mass is 32.2. The number of carbonyl (C=O) groups is 1. The summed E-state index contributed by atoms with van der Waals surface area (Å²) in [5.74, 6) is 0.0613. The normalized spacial score (nSPS) is 20.0. The van der Waals surface area contributed by atoms with E-state index in [4.69, 9.17) is 4.74 Å². The van der Waals surface area contributed by atoms with Crippen molar-refractivity contribution in [1.29, 1.82) is 0 Å².